The summed E-state index contributed by atoms with van der Waals surface area (Å²) in [5, 5.41) is 26.3. The topological polar surface area (TPSA) is 181 Å². The van der Waals surface area contributed by atoms with Gasteiger partial charge >= 0.3 is 5.97 Å². The van der Waals surface area contributed by atoms with Crippen molar-refractivity contribution in [2.75, 3.05) is 0 Å². The minimum Gasteiger partial charge on any atom is -0.480 e. The van der Waals surface area contributed by atoms with E-state index in [1.165, 1.54) is 12.1 Å². The Bertz CT molecular complexity index is 602. The number of nitrogens with two attached hydrogens (primary N) is 2. The average molecular weight is 310 g/mol. The van der Waals surface area contributed by atoms with Gasteiger partial charge in [-0.15, -0.1) is 0 Å². The van der Waals surface area contributed by atoms with Crippen LogP contribution in [0, 0.1) is 0 Å². The fourth-order valence-electron chi connectivity index (χ4n) is 1.66. The summed E-state index contributed by atoms with van der Waals surface area (Å²) in [5.41, 5.74) is 9.70. The maximum Gasteiger partial charge on any atom is 0.321 e. The van der Waals surface area contributed by atoms with Crippen molar-refractivity contribution in [2.24, 2.45) is 11.5 Å². The summed E-state index contributed by atoms with van der Waals surface area (Å²) in [4.78, 5) is 42.3. The van der Waals surface area contributed by atoms with Gasteiger partial charge < -0.3 is 26.8 Å². The second-order valence-electron chi connectivity index (χ2n) is 4.49. The van der Waals surface area contributed by atoms with E-state index in [9.17, 15) is 19.2 Å². The van der Waals surface area contributed by atoms with Gasteiger partial charge in [-0.25, -0.2) is 0 Å². The van der Waals surface area contributed by atoms with Crippen LogP contribution in [0.1, 0.15) is 27.1 Å². The predicted octanol–water partition coefficient (Wildman–Crippen LogP) is -1.98. The van der Waals surface area contributed by atoms with Gasteiger partial charge in [-0.05, 0) is 0 Å². The third-order valence-corrected chi connectivity index (χ3v) is 2.79. The molecule has 22 heavy (non-hydrogen) atoms. The Labute approximate surface area is 124 Å². The Kier molecular flexibility index (Phi) is 5.10. The number of hydrogen-bond donors (Lipinski definition) is 5. The van der Waals surface area contributed by atoms with Crippen LogP contribution in [0.2, 0.25) is 0 Å². The molecule has 1 aliphatic rings. The highest BCUT2D eigenvalue weighted by molar-refractivity contribution is 6.30. The predicted molar refractivity (Wildman–Crippen MR) is 71.7 cm³/mol. The molecule has 0 aromatic heterocycles. The molecule has 118 valence electrons. The van der Waals surface area contributed by atoms with E-state index in [1.54, 1.807) is 12.1 Å². The standard InChI is InChI=1S/C9H6O4.C4H8N2O3/c10-7-5-3-1-2-4-6(5)8(11)9(7,12)13;5-2(4(8)9)1-3(6)7/h1-4,12-13H;2H,1,5H2,(H2,6,7)(H,8,9). The van der Waals surface area contributed by atoms with Gasteiger partial charge in [0.2, 0.25) is 17.5 Å². The summed E-state index contributed by atoms with van der Waals surface area (Å²) < 4.78 is 0. The van der Waals surface area contributed by atoms with Crippen LogP contribution in [-0.4, -0.2) is 50.6 Å². The van der Waals surface area contributed by atoms with Crippen molar-refractivity contribution >= 4 is 23.4 Å². The third kappa shape index (κ3) is 3.52. The van der Waals surface area contributed by atoms with Crippen molar-refractivity contribution in [1.82, 2.24) is 0 Å². The van der Waals surface area contributed by atoms with E-state index in [1.807, 2.05) is 0 Å². The van der Waals surface area contributed by atoms with Gasteiger partial charge in [0.1, 0.15) is 6.04 Å². The van der Waals surface area contributed by atoms with Crippen molar-refractivity contribution in [3.8, 4) is 0 Å². The van der Waals surface area contributed by atoms with Crippen LogP contribution in [0.25, 0.3) is 0 Å². The van der Waals surface area contributed by atoms with Gasteiger partial charge in [0, 0.05) is 11.1 Å². The summed E-state index contributed by atoms with van der Waals surface area (Å²) in [6.45, 7) is 0. The molecular weight excluding hydrogens is 296 g/mol. The molecule has 0 heterocycles. The van der Waals surface area contributed by atoms with Gasteiger partial charge in [0.15, 0.2) is 0 Å². The molecule has 1 aromatic carbocycles. The monoisotopic (exact) mass is 310 g/mol. The van der Waals surface area contributed by atoms with Crippen LogP contribution >= 0.6 is 0 Å². The van der Waals surface area contributed by atoms with Crippen molar-refractivity contribution in [3.05, 3.63) is 35.4 Å². The third-order valence-electron chi connectivity index (χ3n) is 2.79. The molecular formula is C13H14N2O7. The highest BCUT2D eigenvalue weighted by Gasteiger charge is 2.50. The Hall–Kier alpha value is -2.62. The fraction of sp³-hybridized carbons (Fsp3) is 0.231. The summed E-state index contributed by atoms with van der Waals surface area (Å²) in [5.74, 6) is -6.68. The molecule has 0 spiro atoms. The number of Topliss-reactive ketones (excluding diaryl/α,β-unsaturated/α-hetero) is 2. The Balaban J connectivity index is 0.000000239. The molecule has 1 aliphatic carbocycles. The van der Waals surface area contributed by atoms with Crippen molar-refractivity contribution in [1.29, 1.82) is 0 Å². The minimum absolute atomic E-state index is 0.0671. The molecule has 2 rings (SSSR count). The summed E-state index contributed by atoms with van der Waals surface area (Å²) in [6.07, 6.45) is -0.310. The smallest absolute Gasteiger partial charge is 0.321 e. The number of amides is 1. The van der Waals surface area contributed by atoms with E-state index in [4.69, 9.17) is 21.1 Å². The van der Waals surface area contributed by atoms with Crippen molar-refractivity contribution in [3.63, 3.8) is 0 Å². The minimum atomic E-state index is -2.86. The van der Waals surface area contributed by atoms with Crippen LogP contribution in [0.15, 0.2) is 24.3 Å². The van der Waals surface area contributed by atoms with Gasteiger partial charge in [-0.3, -0.25) is 19.2 Å². The van der Waals surface area contributed by atoms with Crippen molar-refractivity contribution in [2.45, 2.75) is 18.2 Å². The van der Waals surface area contributed by atoms with Crippen LogP contribution in [-0.2, 0) is 9.59 Å². The average Bonchev–Trinajstić information content (AvgIpc) is 2.61. The van der Waals surface area contributed by atoms with Crippen molar-refractivity contribution < 1.29 is 34.5 Å². The molecule has 0 radical (unpaired) electrons. The zero-order chi connectivity index (χ0) is 17.1. The van der Waals surface area contributed by atoms with Crippen LogP contribution in [0.5, 0.6) is 0 Å². The van der Waals surface area contributed by atoms with E-state index in [0.717, 1.165) is 0 Å². The quantitative estimate of drug-likeness (QED) is 0.314. The SMILES string of the molecule is NC(=O)CC(N)C(=O)O.O=C1c2ccccc2C(=O)C1(O)O. The molecule has 1 aromatic rings. The largest absolute Gasteiger partial charge is 0.480 e. The second kappa shape index (κ2) is 6.43. The molecule has 1 unspecified atom stereocenters. The maximum atomic E-state index is 11.2. The molecule has 0 saturated heterocycles. The second-order valence-corrected chi connectivity index (χ2v) is 4.49. The van der Waals surface area contributed by atoms with Crippen LogP contribution in [0.4, 0.5) is 0 Å². The maximum absolute atomic E-state index is 11.2. The molecule has 0 fully saturated rings. The number of hydrogen-bond acceptors (Lipinski definition) is 7. The number of rotatable bonds is 3. The molecule has 9 heteroatoms. The molecule has 0 saturated carbocycles. The Morgan fingerprint density at radius 1 is 1.09 bits per heavy atom. The highest BCUT2D eigenvalue weighted by atomic mass is 16.5. The zero-order valence-corrected chi connectivity index (χ0v) is 11.2. The van der Waals surface area contributed by atoms with E-state index >= 15 is 0 Å². The van der Waals surface area contributed by atoms with E-state index < -0.39 is 35.3 Å². The Morgan fingerprint density at radius 3 is 1.77 bits per heavy atom. The number of aliphatic carboxylic acids is 1. The lowest BCUT2D eigenvalue weighted by Gasteiger charge is -2.08. The number of fused-ring (bicyclic) bond motifs is 1. The highest BCUT2D eigenvalue weighted by Crippen LogP contribution is 2.27. The number of ketones is 2. The molecule has 0 bridgehead atoms. The number of primary amides is 1. The molecule has 1 atom stereocenters. The fourth-order valence-corrected chi connectivity index (χ4v) is 1.66. The number of carboxylic acid groups (broad SMARTS) is 1. The van der Waals surface area contributed by atoms with E-state index in [0.29, 0.717) is 0 Å². The summed E-state index contributed by atoms with van der Waals surface area (Å²) in [7, 11) is 0. The van der Waals surface area contributed by atoms with Gasteiger partial charge in [0.05, 0.1) is 6.42 Å². The zero-order valence-electron chi connectivity index (χ0n) is 11.2. The number of carbonyl (C=O) groups excluding carboxylic acids is 3. The van der Waals surface area contributed by atoms with E-state index in [2.05, 4.69) is 5.73 Å². The number of carboxylic acids is 1. The van der Waals surface area contributed by atoms with Gasteiger partial charge in [-0.1, -0.05) is 24.3 Å². The first-order chi connectivity index (χ1) is 10.1. The number of benzene rings is 1. The number of carbonyl (C=O) groups is 4. The lowest BCUT2D eigenvalue weighted by molar-refractivity contribution is -0.140. The normalized spacial score (nSPS) is 16.3. The first kappa shape index (κ1) is 17.4. The van der Waals surface area contributed by atoms with Gasteiger partial charge in [0.25, 0.3) is 5.79 Å². The summed E-state index contributed by atoms with van der Waals surface area (Å²) in [6, 6.07) is 4.74. The first-order valence-electron chi connectivity index (χ1n) is 5.99. The van der Waals surface area contributed by atoms with Crippen LogP contribution in [0.3, 0.4) is 0 Å². The summed E-state index contributed by atoms with van der Waals surface area (Å²) >= 11 is 0. The first-order valence-corrected chi connectivity index (χ1v) is 5.99. The molecule has 7 N–H and O–H groups in total. The lowest BCUT2D eigenvalue weighted by Crippen LogP contribution is -2.40. The Morgan fingerprint density at radius 2 is 1.50 bits per heavy atom. The molecule has 0 aliphatic heterocycles. The van der Waals surface area contributed by atoms with Crippen LogP contribution < -0.4 is 11.5 Å². The number of aliphatic hydroxyl groups is 2. The molecule has 9 nitrogen and oxygen atoms in total. The lowest BCUT2D eigenvalue weighted by atomic mass is 10.1. The van der Waals surface area contributed by atoms with Gasteiger partial charge in [-0.2, -0.15) is 0 Å². The van der Waals surface area contributed by atoms with E-state index in [-0.39, 0.29) is 17.5 Å². The molecule has 1 amide bonds.